The molecule has 0 aromatic heterocycles. The zero-order chi connectivity index (χ0) is 24.7. The molecular weight excluding hydrogens is 452 g/mol. The van der Waals surface area contributed by atoms with Gasteiger partial charge in [0.15, 0.2) is 0 Å². The number of carbonyl (C=O) groups excluding carboxylic acids is 4. The molecule has 0 radical (unpaired) electrons. The molecule has 2 aliphatic heterocycles. The SMILES string of the molecule is CC(C)(c1cc2c(cc1[Si](C)(C)C)C(=O)OC2=O)c1cc2c(cc1[Si](C)(C)C)C(=O)OC2=O. The molecule has 0 unspecified atom stereocenters. The van der Waals surface area contributed by atoms with Gasteiger partial charge in [0.2, 0.25) is 0 Å². The lowest BCUT2D eigenvalue weighted by molar-refractivity contribution is 0.0425. The third-order valence-corrected chi connectivity index (χ3v) is 10.6. The summed E-state index contributed by atoms with van der Waals surface area (Å²) in [7, 11) is -3.95. The van der Waals surface area contributed by atoms with Gasteiger partial charge in [0, 0.05) is 5.41 Å². The standard InChI is InChI=1S/C25H28O6Si2/c1-25(2,17-9-13-15(23(28)30-21(13)26)11-19(17)32(3,4)5)18-10-14-16(24(29)31-22(14)27)12-20(18)33(6,7)8/h9-12H,1-8H3. The minimum atomic E-state index is -1.98. The van der Waals surface area contributed by atoms with Crippen molar-refractivity contribution in [1.29, 1.82) is 0 Å². The third kappa shape index (κ3) is 3.61. The summed E-state index contributed by atoms with van der Waals surface area (Å²) in [4.78, 5) is 49.3. The van der Waals surface area contributed by atoms with Crippen LogP contribution in [0.4, 0.5) is 0 Å². The van der Waals surface area contributed by atoms with E-state index in [9.17, 15) is 19.2 Å². The van der Waals surface area contributed by atoms with Crippen molar-refractivity contribution in [1.82, 2.24) is 0 Å². The van der Waals surface area contributed by atoms with Crippen LogP contribution in [-0.4, -0.2) is 40.0 Å². The van der Waals surface area contributed by atoms with Crippen LogP contribution < -0.4 is 10.4 Å². The van der Waals surface area contributed by atoms with Crippen LogP contribution in [0.5, 0.6) is 0 Å². The number of hydrogen-bond acceptors (Lipinski definition) is 6. The van der Waals surface area contributed by atoms with Gasteiger partial charge in [-0.3, -0.25) is 0 Å². The van der Waals surface area contributed by atoms with Crippen molar-refractivity contribution in [3.8, 4) is 0 Å². The van der Waals surface area contributed by atoms with E-state index in [1.165, 1.54) is 0 Å². The van der Waals surface area contributed by atoms with Crippen molar-refractivity contribution in [3.05, 3.63) is 57.6 Å². The summed E-state index contributed by atoms with van der Waals surface area (Å²) in [6.07, 6.45) is 0. The summed E-state index contributed by atoms with van der Waals surface area (Å²) in [6, 6.07) is 7.23. The number of benzene rings is 2. The second kappa shape index (κ2) is 7.07. The lowest BCUT2D eigenvalue weighted by atomic mass is 9.76. The Hall–Kier alpha value is -2.85. The summed E-state index contributed by atoms with van der Waals surface area (Å²) in [5.41, 5.74) is 2.42. The highest BCUT2D eigenvalue weighted by Crippen LogP contribution is 2.36. The molecule has 2 heterocycles. The Bertz CT molecular complexity index is 1180. The van der Waals surface area contributed by atoms with E-state index in [1.807, 2.05) is 12.1 Å². The van der Waals surface area contributed by atoms with Gasteiger partial charge in [-0.05, 0) is 35.4 Å². The number of cyclic esters (lactones) is 4. The van der Waals surface area contributed by atoms with E-state index in [-0.39, 0.29) is 11.1 Å². The van der Waals surface area contributed by atoms with Gasteiger partial charge in [0.25, 0.3) is 0 Å². The first-order valence-electron chi connectivity index (χ1n) is 10.9. The predicted molar refractivity (Wildman–Crippen MR) is 130 cm³/mol. The second-order valence-corrected chi connectivity index (χ2v) is 21.4. The van der Waals surface area contributed by atoms with E-state index in [0.29, 0.717) is 11.1 Å². The highest BCUT2D eigenvalue weighted by atomic mass is 28.3. The first kappa shape index (κ1) is 23.3. The number of esters is 4. The fraction of sp³-hybridized carbons (Fsp3) is 0.360. The Morgan fingerprint density at radius 3 is 1.09 bits per heavy atom. The van der Waals surface area contributed by atoms with Gasteiger partial charge in [-0.15, -0.1) is 0 Å². The molecule has 2 aliphatic rings. The van der Waals surface area contributed by atoms with Crippen molar-refractivity contribution >= 4 is 50.4 Å². The maximum Gasteiger partial charge on any atom is 0.346 e. The van der Waals surface area contributed by atoms with Crippen molar-refractivity contribution in [2.45, 2.75) is 58.5 Å². The topological polar surface area (TPSA) is 86.7 Å². The van der Waals surface area contributed by atoms with E-state index in [0.717, 1.165) is 21.5 Å². The van der Waals surface area contributed by atoms with Crippen LogP contribution in [0, 0.1) is 0 Å². The number of hydrogen-bond donors (Lipinski definition) is 0. The summed E-state index contributed by atoms with van der Waals surface area (Å²) in [5, 5.41) is 2.11. The summed E-state index contributed by atoms with van der Waals surface area (Å²) in [5.74, 6) is -2.49. The van der Waals surface area contributed by atoms with Gasteiger partial charge >= 0.3 is 23.9 Å². The van der Waals surface area contributed by atoms with Crippen LogP contribution in [-0.2, 0) is 14.9 Å². The van der Waals surface area contributed by atoms with Gasteiger partial charge in [-0.2, -0.15) is 0 Å². The molecule has 0 aliphatic carbocycles. The highest BCUT2D eigenvalue weighted by molar-refractivity contribution is 6.89. The fourth-order valence-electron chi connectivity index (χ4n) is 4.68. The molecule has 33 heavy (non-hydrogen) atoms. The second-order valence-electron chi connectivity index (χ2n) is 11.4. The van der Waals surface area contributed by atoms with Crippen LogP contribution in [0.25, 0.3) is 0 Å². The first-order valence-corrected chi connectivity index (χ1v) is 17.9. The van der Waals surface area contributed by atoms with Crippen molar-refractivity contribution in [2.75, 3.05) is 0 Å². The van der Waals surface area contributed by atoms with E-state index < -0.39 is 45.4 Å². The fourth-order valence-corrected chi connectivity index (χ4v) is 8.22. The Balaban J connectivity index is 2.06. The highest BCUT2D eigenvalue weighted by Gasteiger charge is 2.41. The molecule has 2 aromatic carbocycles. The zero-order valence-corrected chi connectivity index (χ0v) is 22.3. The summed E-state index contributed by atoms with van der Waals surface area (Å²) >= 11 is 0. The first-order chi connectivity index (χ1) is 15.0. The monoisotopic (exact) mass is 480 g/mol. The van der Waals surface area contributed by atoms with Gasteiger partial charge in [0.05, 0.1) is 38.4 Å². The molecule has 6 nitrogen and oxygen atoms in total. The smallest absolute Gasteiger partial charge is 0.346 e. The molecule has 0 bridgehead atoms. The molecule has 2 aromatic rings. The Morgan fingerprint density at radius 2 is 0.818 bits per heavy atom. The Labute approximate surface area is 195 Å². The van der Waals surface area contributed by atoms with Crippen LogP contribution in [0.2, 0.25) is 39.3 Å². The number of ether oxygens (including phenoxy) is 2. The molecule has 172 valence electrons. The van der Waals surface area contributed by atoms with Gasteiger partial charge in [-0.1, -0.05) is 63.5 Å². The molecule has 0 saturated carbocycles. The molecule has 0 N–H and O–H groups in total. The summed E-state index contributed by atoms with van der Waals surface area (Å²) in [6.45, 7) is 17.3. The van der Waals surface area contributed by atoms with Gasteiger partial charge in [0.1, 0.15) is 0 Å². The molecule has 0 atom stereocenters. The molecule has 0 amide bonds. The lowest BCUT2D eigenvalue weighted by Crippen LogP contribution is -2.48. The predicted octanol–water partition coefficient (Wildman–Crippen LogP) is 3.72. The minimum Gasteiger partial charge on any atom is -0.386 e. The lowest BCUT2D eigenvalue weighted by Gasteiger charge is -2.36. The number of rotatable bonds is 4. The van der Waals surface area contributed by atoms with Gasteiger partial charge in [-0.25, -0.2) is 19.2 Å². The maximum atomic E-state index is 12.4. The van der Waals surface area contributed by atoms with E-state index in [1.54, 1.807) is 12.1 Å². The molecular formula is C25H28O6Si2. The van der Waals surface area contributed by atoms with Crippen molar-refractivity contribution < 1.29 is 28.7 Å². The molecule has 8 heteroatoms. The Morgan fingerprint density at radius 1 is 0.545 bits per heavy atom. The molecule has 0 fully saturated rings. The van der Waals surface area contributed by atoms with Crippen LogP contribution in [0.3, 0.4) is 0 Å². The van der Waals surface area contributed by atoms with Crippen molar-refractivity contribution in [2.24, 2.45) is 0 Å². The molecule has 0 saturated heterocycles. The largest absolute Gasteiger partial charge is 0.386 e. The van der Waals surface area contributed by atoms with Gasteiger partial charge < -0.3 is 9.47 Å². The number of carbonyl (C=O) groups is 4. The number of fused-ring (bicyclic) bond motifs is 2. The average Bonchev–Trinajstić information content (AvgIpc) is 3.13. The van der Waals surface area contributed by atoms with E-state index in [2.05, 4.69) is 53.1 Å². The molecule has 4 rings (SSSR count). The van der Waals surface area contributed by atoms with Crippen LogP contribution >= 0.6 is 0 Å². The van der Waals surface area contributed by atoms with Crippen LogP contribution in [0.15, 0.2) is 24.3 Å². The maximum absolute atomic E-state index is 12.4. The normalized spacial score (nSPS) is 16.0. The summed E-state index contributed by atoms with van der Waals surface area (Å²) < 4.78 is 9.77. The van der Waals surface area contributed by atoms with Crippen molar-refractivity contribution in [3.63, 3.8) is 0 Å². The average molecular weight is 481 g/mol. The van der Waals surface area contributed by atoms with E-state index >= 15 is 0 Å². The van der Waals surface area contributed by atoms with E-state index in [4.69, 9.17) is 9.47 Å². The zero-order valence-electron chi connectivity index (χ0n) is 20.3. The Kier molecular flexibility index (Phi) is 5.00. The molecule has 0 spiro atoms. The minimum absolute atomic E-state index is 0.273. The quantitative estimate of drug-likeness (QED) is 0.377. The van der Waals surface area contributed by atoms with Crippen LogP contribution in [0.1, 0.15) is 66.4 Å². The third-order valence-electron chi connectivity index (χ3n) is 6.53.